The quantitative estimate of drug-likeness (QED) is 0.318. The minimum Gasteiger partial charge on any atom is -0.369 e. The highest BCUT2D eigenvalue weighted by Gasteiger charge is 2.38. The second-order valence-corrected chi connectivity index (χ2v) is 9.98. The van der Waals surface area contributed by atoms with Crippen LogP contribution >= 0.6 is 11.3 Å². The number of halogens is 3. The maximum Gasteiger partial charge on any atom is 0.460 e. The van der Waals surface area contributed by atoms with Gasteiger partial charge >= 0.3 is 6.30 Å². The van der Waals surface area contributed by atoms with Crippen LogP contribution in [0.15, 0.2) is 24.3 Å². The van der Waals surface area contributed by atoms with Gasteiger partial charge in [-0.1, -0.05) is 20.8 Å². The Balaban J connectivity index is 1.83. The minimum atomic E-state index is -4.26. The lowest BCUT2D eigenvalue weighted by Crippen LogP contribution is -2.51. The zero-order valence-electron chi connectivity index (χ0n) is 19.3. The predicted molar refractivity (Wildman–Crippen MR) is 127 cm³/mol. The lowest BCUT2D eigenvalue weighted by molar-refractivity contribution is -0.246. The molecule has 1 fully saturated rings. The molecule has 0 saturated carbocycles. The van der Waals surface area contributed by atoms with E-state index in [0.29, 0.717) is 23.9 Å². The number of aryl methyl sites for hydroxylation is 1. The molecular formula is C24H30F3N4S+. The van der Waals surface area contributed by atoms with Gasteiger partial charge in [0.25, 0.3) is 0 Å². The minimum absolute atomic E-state index is 0.00760. The molecule has 2 aliphatic heterocycles. The molecular weight excluding hydrogens is 433 g/mol. The molecule has 0 radical (unpaired) electrons. The van der Waals surface area contributed by atoms with Gasteiger partial charge < -0.3 is 4.90 Å². The molecule has 2 heterocycles. The van der Waals surface area contributed by atoms with Crippen LogP contribution in [-0.4, -0.2) is 56.5 Å². The maximum absolute atomic E-state index is 13.0. The number of hydrogen-bond acceptors (Lipinski definition) is 4. The first-order valence-corrected chi connectivity index (χ1v) is 11.9. The summed E-state index contributed by atoms with van der Waals surface area (Å²) in [7, 11) is 4.08. The van der Waals surface area contributed by atoms with E-state index in [2.05, 4.69) is 54.5 Å². The van der Waals surface area contributed by atoms with Gasteiger partial charge in [0.1, 0.15) is 14.1 Å². The molecule has 3 aliphatic rings. The molecule has 0 aromatic heterocycles. The monoisotopic (exact) mass is 463 g/mol. The summed E-state index contributed by atoms with van der Waals surface area (Å²) in [6.07, 6.45) is -3.43. The molecule has 0 amide bonds. The highest BCUT2D eigenvalue weighted by molar-refractivity contribution is 7.21. The van der Waals surface area contributed by atoms with Gasteiger partial charge in [-0.2, -0.15) is 13.2 Å². The smallest absolute Gasteiger partial charge is 0.369 e. The molecule has 4 rings (SSSR count). The van der Waals surface area contributed by atoms with Crippen molar-refractivity contribution in [2.75, 3.05) is 45.2 Å². The normalized spacial score (nSPS) is 15.8. The van der Waals surface area contributed by atoms with Crippen LogP contribution in [0, 0.1) is 0 Å². The van der Waals surface area contributed by atoms with Crippen molar-refractivity contribution >= 4 is 27.2 Å². The molecule has 172 valence electrons. The van der Waals surface area contributed by atoms with E-state index in [1.54, 1.807) is 11.3 Å². The first kappa shape index (κ1) is 23.0. The SMILES string of the molecule is CCc1cc(N2CCN(C(F)(F)F)CC2)cc2sc3cc(=[N+](C)C)cc(C(C)C)c-3nc12. The summed E-state index contributed by atoms with van der Waals surface area (Å²) in [5, 5.41) is 1.15. The van der Waals surface area contributed by atoms with E-state index in [1.165, 1.54) is 5.56 Å². The van der Waals surface area contributed by atoms with E-state index in [-0.39, 0.29) is 13.1 Å². The second-order valence-electron chi connectivity index (χ2n) is 8.89. The van der Waals surface area contributed by atoms with Crippen molar-refractivity contribution < 1.29 is 13.2 Å². The van der Waals surface area contributed by atoms with Gasteiger partial charge in [0.2, 0.25) is 5.36 Å². The Morgan fingerprint density at radius 2 is 1.75 bits per heavy atom. The molecule has 0 spiro atoms. The molecule has 1 saturated heterocycles. The summed E-state index contributed by atoms with van der Waals surface area (Å²) in [6.45, 7) is 7.20. The second kappa shape index (κ2) is 8.63. The van der Waals surface area contributed by atoms with Crippen LogP contribution in [0.5, 0.6) is 0 Å². The molecule has 0 atom stereocenters. The first-order chi connectivity index (χ1) is 15.1. The molecule has 8 heteroatoms. The van der Waals surface area contributed by atoms with Crippen LogP contribution < -0.4 is 14.8 Å². The third-order valence-corrected chi connectivity index (χ3v) is 7.26. The number of nitrogens with zero attached hydrogens (tertiary/aromatic N) is 4. The fourth-order valence-electron chi connectivity index (χ4n) is 4.26. The molecule has 32 heavy (non-hydrogen) atoms. The van der Waals surface area contributed by atoms with Crippen LogP contribution in [0.25, 0.3) is 20.8 Å². The number of fused-ring (bicyclic) bond motifs is 2. The molecule has 1 aromatic rings. The van der Waals surface area contributed by atoms with E-state index in [1.807, 2.05) is 14.1 Å². The van der Waals surface area contributed by atoms with Gasteiger partial charge in [-0.05, 0) is 35.6 Å². The Morgan fingerprint density at radius 1 is 1.06 bits per heavy atom. The lowest BCUT2D eigenvalue weighted by atomic mass is 9.98. The number of rotatable bonds is 3. The summed E-state index contributed by atoms with van der Waals surface area (Å²) in [4.78, 5) is 8.91. The third-order valence-electron chi connectivity index (χ3n) is 6.19. The average molecular weight is 464 g/mol. The van der Waals surface area contributed by atoms with Crippen molar-refractivity contribution in [2.45, 2.75) is 39.4 Å². The number of anilines is 1. The van der Waals surface area contributed by atoms with Crippen molar-refractivity contribution in [3.8, 4) is 10.6 Å². The Hall–Kier alpha value is -2.19. The number of aromatic nitrogens is 1. The highest BCUT2D eigenvalue weighted by Crippen LogP contribution is 2.38. The van der Waals surface area contributed by atoms with Crippen molar-refractivity contribution in [3.63, 3.8) is 0 Å². The van der Waals surface area contributed by atoms with Gasteiger partial charge in [-0.25, -0.2) is 14.5 Å². The van der Waals surface area contributed by atoms with Gasteiger partial charge in [0, 0.05) is 44.0 Å². The third kappa shape index (κ3) is 4.35. The Kier molecular flexibility index (Phi) is 6.20. The van der Waals surface area contributed by atoms with Crippen LogP contribution in [-0.2, 0) is 6.42 Å². The lowest BCUT2D eigenvalue weighted by Gasteiger charge is -2.37. The maximum atomic E-state index is 13.0. The van der Waals surface area contributed by atoms with E-state index >= 15 is 0 Å². The molecule has 4 nitrogen and oxygen atoms in total. The average Bonchev–Trinajstić information content (AvgIpc) is 2.75. The Bertz CT molecular complexity index is 1170. The summed E-state index contributed by atoms with van der Waals surface area (Å²) < 4.78 is 42.3. The number of hydrogen-bond donors (Lipinski definition) is 0. The highest BCUT2D eigenvalue weighted by atomic mass is 32.1. The van der Waals surface area contributed by atoms with Gasteiger partial charge in [0.15, 0.2) is 0 Å². The zero-order valence-corrected chi connectivity index (χ0v) is 20.1. The standard InChI is InChI=1S/C24H30F3N4S/c1-6-16-11-18(30-7-9-31(10-8-30)24(25,26)27)14-20-22(16)28-23-19(15(2)3)12-17(29(4)5)13-21(23)32-20/h11-15H,6-10H2,1-5H3/q+1. The van der Waals surface area contributed by atoms with E-state index < -0.39 is 6.30 Å². The molecule has 1 aliphatic carbocycles. The summed E-state index contributed by atoms with van der Waals surface area (Å²) in [5.41, 5.74) is 5.41. The van der Waals surface area contributed by atoms with E-state index in [4.69, 9.17) is 4.98 Å². The van der Waals surface area contributed by atoms with Crippen molar-refractivity contribution in [3.05, 3.63) is 40.7 Å². The van der Waals surface area contributed by atoms with Crippen LogP contribution in [0.2, 0.25) is 0 Å². The van der Waals surface area contributed by atoms with Gasteiger partial charge in [0.05, 0.1) is 20.8 Å². The Morgan fingerprint density at radius 3 is 2.31 bits per heavy atom. The fourth-order valence-corrected chi connectivity index (χ4v) is 5.39. The summed E-state index contributed by atoms with van der Waals surface area (Å²) >= 11 is 1.72. The molecule has 1 aromatic carbocycles. The van der Waals surface area contributed by atoms with Crippen LogP contribution in [0.3, 0.4) is 0 Å². The summed E-state index contributed by atoms with van der Waals surface area (Å²) in [5.74, 6) is 0.351. The zero-order chi connectivity index (χ0) is 23.2. The predicted octanol–water partition coefficient (Wildman–Crippen LogP) is 4.76. The largest absolute Gasteiger partial charge is 0.460 e. The van der Waals surface area contributed by atoms with Crippen molar-refractivity contribution in [1.29, 1.82) is 0 Å². The Labute approximate surface area is 191 Å². The summed E-state index contributed by atoms with van der Waals surface area (Å²) in [6, 6.07) is 8.62. The molecule has 0 N–H and O–H groups in total. The molecule has 0 unspecified atom stereocenters. The van der Waals surface area contributed by atoms with Crippen LogP contribution in [0.1, 0.15) is 37.8 Å². The van der Waals surface area contributed by atoms with E-state index in [0.717, 1.165) is 43.8 Å². The topological polar surface area (TPSA) is 22.4 Å². The number of alkyl halides is 3. The van der Waals surface area contributed by atoms with Crippen LogP contribution in [0.4, 0.5) is 18.9 Å². The van der Waals surface area contributed by atoms with Gasteiger partial charge in [-0.15, -0.1) is 11.3 Å². The first-order valence-electron chi connectivity index (χ1n) is 11.1. The molecule has 0 bridgehead atoms. The fraction of sp³-hybridized carbons (Fsp3) is 0.500. The number of piperazine rings is 1. The number of benzene rings is 2. The van der Waals surface area contributed by atoms with Crippen molar-refractivity contribution in [1.82, 2.24) is 14.5 Å². The van der Waals surface area contributed by atoms with E-state index in [9.17, 15) is 13.2 Å². The van der Waals surface area contributed by atoms with Gasteiger partial charge in [-0.3, -0.25) is 0 Å². The van der Waals surface area contributed by atoms with Crippen molar-refractivity contribution in [2.24, 2.45) is 0 Å².